The number of amides is 1. The average molecular weight is 386 g/mol. The summed E-state index contributed by atoms with van der Waals surface area (Å²) < 4.78 is 1.04. The van der Waals surface area contributed by atoms with Crippen molar-refractivity contribution in [3.8, 4) is 0 Å². The number of anilines is 2. The van der Waals surface area contributed by atoms with E-state index < -0.39 is 0 Å². The minimum absolute atomic E-state index is 0.263. The largest absolute Gasteiger partial charge is 0.399 e. The molecule has 0 radical (unpaired) electrons. The molecule has 2 rings (SSSR count). The summed E-state index contributed by atoms with van der Waals surface area (Å²) in [6.07, 6.45) is 1.51. The van der Waals surface area contributed by atoms with E-state index in [0.29, 0.717) is 26.3 Å². The SMILES string of the molecule is Cc1cc(C(=O)Nc2ncc(Br)nc2Br)ccc1N. The van der Waals surface area contributed by atoms with Crippen LogP contribution in [0.3, 0.4) is 0 Å². The fraction of sp³-hybridized carbons (Fsp3) is 0.0833. The molecule has 0 aliphatic carbocycles. The second kappa shape index (κ2) is 5.66. The van der Waals surface area contributed by atoms with Crippen LogP contribution >= 0.6 is 31.9 Å². The summed E-state index contributed by atoms with van der Waals surface area (Å²) >= 11 is 6.43. The van der Waals surface area contributed by atoms with E-state index in [0.717, 1.165) is 5.56 Å². The summed E-state index contributed by atoms with van der Waals surface area (Å²) in [7, 11) is 0. The summed E-state index contributed by atoms with van der Waals surface area (Å²) in [5.41, 5.74) is 7.74. The van der Waals surface area contributed by atoms with Crippen molar-refractivity contribution in [2.24, 2.45) is 0 Å². The fourth-order valence-corrected chi connectivity index (χ4v) is 2.34. The van der Waals surface area contributed by atoms with Crippen LogP contribution in [-0.4, -0.2) is 15.9 Å². The number of nitrogens with one attached hydrogen (secondary N) is 1. The van der Waals surface area contributed by atoms with Crippen molar-refractivity contribution in [3.63, 3.8) is 0 Å². The van der Waals surface area contributed by atoms with Gasteiger partial charge in [-0.05, 0) is 62.5 Å². The van der Waals surface area contributed by atoms with Crippen LogP contribution in [0.2, 0.25) is 0 Å². The van der Waals surface area contributed by atoms with Crippen LogP contribution in [0.15, 0.2) is 33.6 Å². The Labute approximate surface area is 126 Å². The maximum Gasteiger partial charge on any atom is 0.256 e. The number of aromatic nitrogens is 2. The maximum absolute atomic E-state index is 12.1. The van der Waals surface area contributed by atoms with Crippen LogP contribution in [0, 0.1) is 6.92 Å². The Kier molecular flexibility index (Phi) is 4.16. The number of aryl methyl sites for hydroxylation is 1. The van der Waals surface area contributed by atoms with Crippen molar-refractivity contribution < 1.29 is 4.79 Å². The smallest absolute Gasteiger partial charge is 0.256 e. The van der Waals surface area contributed by atoms with E-state index in [1.165, 1.54) is 6.20 Å². The second-order valence-corrected chi connectivity index (χ2v) is 5.42. The van der Waals surface area contributed by atoms with Crippen molar-refractivity contribution in [2.75, 3.05) is 11.1 Å². The monoisotopic (exact) mass is 384 g/mol. The zero-order valence-electron chi connectivity index (χ0n) is 9.95. The highest BCUT2D eigenvalue weighted by Gasteiger charge is 2.11. The quantitative estimate of drug-likeness (QED) is 0.778. The van der Waals surface area contributed by atoms with Crippen LogP contribution in [0.1, 0.15) is 15.9 Å². The van der Waals surface area contributed by atoms with Crippen molar-refractivity contribution in [1.29, 1.82) is 0 Å². The first-order chi connectivity index (χ1) is 8.97. The number of carbonyl (C=O) groups is 1. The molecule has 2 aromatic rings. The van der Waals surface area contributed by atoms with Gasteiger partial charge in [0.2, 0.25) is 0 Å². The van der Waals surface area contributed by atoms with Crippen LogP contribution in [0.5, 0.6) is 0 Å². The Hall–Kier alpha value is -1.47. The molecule has 3 N–H and O–H groups in total. The minimum atomic E-state index is -0.263. The summed E-state index contributed by atoms with van der Waals surface area (Å²) in [4.78, 5) is 20.2. The molecular weight excluding hydrogens is 376 g/mol. The van der Waals surface area contributed by atoms with Crippen LogP contribution in [-0.2, 0) is 0 Å². The van der Waals surface area contributed by atoms with E-state index in [-0.39, 0.29) is 5.91 Å². The Bertz CT molecular complexity index is 646. The molecule has 1 heterocycles. The van der Waals surface area contributed by atoms with Gasteiger partial charge >= 0.3 is 0 Å². The summed E-state index contributed by atoms with van der Waals surface area (Å²) in [5, 5.41) is 2.68. The molecule has 0 saturated heterocycles. The van der Waals surface area contributed by atoms with Crippen molar-refractivity contribution in [1.82, 2.24) is 9.97 Å². The predicted octanol–water partition coefficient (Wildman–Crippen LogP) is 3.14. The van der Waals surface area contributed by atoms with Gasteiger partial charge in [0.1, 0.15) is 9.21 Å². The second-order valence-electron chi connectivity index (χ2n) is 3.86. The molecule has 19 heavy (non-hydrogen) atoms. The number of hydrogen-bond donors (Lipinski definition) is 2. The molecule has 0 saturated carbocycles. The third kappa shape index (κ3) is 3.30. The molecule has 1 aromatic heterocycles. The minimum Gasteiger partial charge on any atom is -0.399 e. The Morgan fingerprint density at radius 1 is 1.37 bits per heavy atom. The Morgan fingerprint density at radius 3 is 2.74 bits per heavy atom. The summed E-state index contributed by atoms with van der Waals surface area (Å²) in [6.45, 7) is 1.85. The molecule has 0 bridgehead atoms. The Morgan fingerprint density at radius 2 is 2.11 bits per heavy atom. The van der Waals surface area contributed by atoms with Gasteiger partial charge in [-0.25, -0.2) is 9.97 Å². The van der Waals surface area contributed by atoms with Gasteiger partial charge in [-0.3, -0.25) is 4.79 Å². The predicted molar refractivity (Wildman–Crippen MR) is 81.0 cm³/mol. The summed E-state index contributed by atoms with van der Waals surface area (Å²) in [5.74, 6) is 0.100. The number of carbonyl (C=O) groups excluding carboxylic acids is 1. The van der Waals surface area contributed by atoms with Gasteiger partial charge in [-0.1, -0.05) is 0 Å². The standard InChI is InChI=1S/C12H10Br2N4O/c1-6-4-7(2-3-8(6)15)12(19)18-11-10(14)17-9(13)5-16-11/h2-5H,15H2,1H3,(H,16,18,19). The molecular formula is C12H10Br2N4O. The first kappa shape index (κ1) is 14.0. The molecule has 0 fully saturated rings. The van der Waals surface area contributed by atoms with E-state index in [1.807, 2.05) is 6.92 Å². The highest BCUT2D eigenvalue weighted by Crippen LogP contribution is 2.20. The number of nitrogen functional groups attached to an aromatic ring is 1. The van der Waals surface area contributed by atoms with Gasteiger partial charge in [0, 0.05) is 11.3 Å². The van der Waals surface area contributed by atoms with E-state index in [1.54, 1.807) is 18.2 Å². The van der Waals surface area contributed by atoms with Crippen LogP contribution in [0.4, 0.5) is 11.5 Å². The van der Waals surface area contributed by atoms with E-state index in [9.17, 15) is 4.79 Å². The maximum atomic E-state index is 12.1. The van der Waals surface area contributed by atoms with Crippen molar-refractivity contribution >= 4 is 49.3 Å². The molecule has 0 aliphatic rings. The number of nitrogens with two attached hydrogens (primary N) is 1. The molecule has 5 nitrogen and oxygen atoms in total. The van der Waals surface area contributed by atoms with Gasteiger partial charge in [0.15, 0.2) is 5.82 Å². The van der Waals surface area contributed by atoms with E-state index >= 15 is 0 Å². The number of nitrogens with zero attached hydrogens (tertiary/aromatic N) is 2. The van der Waals surface area contributed by atoms with E-state index in [4.69, 9.17) is 5.73 Å². The lowest BCUT2D eigenvalue weighted by Crippen LogP contribution is -2.14. The number of benzene rings is 1. The Balaban J connectivity index is 2.23. The molecule has 98 valence electrons. The van der Waals surface area contributed by atoms with Crippen molar-refractivity contribution in [3.05, 3.63) is 44.7 Å². The van der Waals surface area contributed by atoms with Gasteiger partial charge < -0.3 is 11.1 Å². The zero-order valence-corrected chi connectivity index (χ0v) is 13.1. The number of rotatable bonds is 2. The van der Waals surface area contributed by atoms with Gasteiger partial charge in [-0.15, -0.1) is 0 Å². The molecule has 1 amide bonds. The molecule has 7 heteroatoms. The molecule has 0 aliphatic heterocycles. The van der Waals surface area contributed by atoms with Gasteiger partial charge in [0.25, 0.3) is 5.91 Å². The van der Waals surface area contributed by atoms with Crippen LogP contribution in [0.25, 0.3) is 0 Å². The highest BCUT2D eigenvalue weighted by molar-refractivity contribution is 9.11. The average Bonchev–Trinajstić information content (AvgIpc) is 2.36. The van der Waals surface area contributed by atoms with Crippen LogP contribution < -0.4 is 11.1 Å². The fourth-order valence-electron chi connectivity index (χ4n) is 1.43. The zero-order chi connectivity index (χ0) is 14.0. The summed E-state index contributed by atoms with van der Waals surface area (Å²) in [6, 6.07) is 5.09. The third-order valence-electron chi connectivity index (χ3n) is 2.46. The molecule has 0 spiro atoms. The third-order valence-corrected chi connectivity index (χ3v) is 3.40. The topological polar surface area (TPSA) is 80.9 Å². The highest BCUT2D eigenvalue weighted by atomic mass is 79.9. The molecule has 1 aromatic carbocycles. The van der Waals surface area contributed by atoms with Gasteiger partial charge in [0.05, 0.1) is 6.20 Å². The van der Waals surface area contributed by atoms with E-state index in [2.05, 4.69) is 47.1 Å². The number of halogens is 2. The number of hydrogen-bond acceptors (Lipinski definition) is 4. The lowest BCUT2D eigenvalue weighted by Gasteiger charge is -2.07. The molecule has 0 unspecified atom stereocenters. The first-order valence-corrected chi connectivity index (χ1v) is 6.91. The lowest BCUT2D eigenvalue weighted by molar-refractivity contribution is 0.102. The normalized spacial score (nSPS) is 10.3. The molecule has 0 atom stereocenters. The van der Waals surface area contributed by atoms with Crippen molar-refractivity contribution in [2.45, 2.75) is 6.92 Å². The first-order valence-electron chi connectivity index (χ1n) is 5.33. The van der Waals surface area contributed by atoms with Gasteiger partial charge in [-0.2, -0.15) is 0 Å². The lowest BCUT2D eigenvalue weighted by atomic mass is 10.1.